The maximum Gasteiger partial charge on any atom is 0.298 e. The molecule has 1 aromatic carbocycles. The average molecular weight is 186 g/mol. The maximum absolute atomic E-state index is 10.4. The lowest BCUT2D eigenvalue weighted by Gasteiger charge is -1.95. The van der Waals surface area contributed by atoms with Crippen molar-refractivity contribution in [1.82, 2.24) is 0 Å². The first-order valence-corrected chi connectivity index (χ1v) is 3.42. The van der Waals surface area contributed by atoms with Gasteiger partial charge in [0.2, 0.25) is 0 Å². The Morgan fingerprint density at radius 2 is 2.17 bits per heavy atom. The first kappa shape index (κ1) is 8.67. The zero-order valence-electron chi connectivity index (χ0n) is 5.86. The minimum atomic E-state index is -0.675. The molecule has 5 heteroatoms. The van der Waals surface area contributed by atoms with Crippen LogP contribution in [0.4, 0.5) is 5.69 Å². The number of benzene rings is 1. The van der Waals surface area contributed by atoms with Crippen molar-refractivity contribution in [3.63, 3.8) is 0 Å². The third-order valence-electron chi connectivity index (χ3n) is 1.33. The molecule has 1 aromatic rings. The molecule has 0 N–H and O–H groups in total. The second-order valence-electron chi connectivity index (χ2n) is 2.05. The molecule has 0 saturated heterocycles. The molecule has 0 aromatic heterocycles. The van der Waals surface area contributed by atoms with Gasteiger partial charge in [-0.1, -0.05) is 17.7 Å². The van der Waals surface area contributed by atoms with E-state index in [1.807, 2.05) is 0 Å². The van der Waals surface area contributed by atoms with E-state index in [1.165, 1.54) is 18.2 Å². The molecular formula is C7H4ClNO3. The van der Waals surface area contributed by atoms with Crippen LogP contribution in [0.15, 0.2) is 18.2 Å². The number of hydrogen-bond donors (Lipinski definition) is 0. The van der Waals surface area contributed by atoms with Gasteiger partial charge in [0.25, 0.3) is 5.69 Å². The van der Waals surface area contributed by atoms with E-state index in [4.69, 9.17) is 11.6 Å². The van der Waals surface area contributed by atoms with Gasteiger partial charge in [0.05, 0.1) is 10.5 Å². The molecule has 0 aliphatic heterocycles. The molecule has 0 unspecified atom stereocenters. The van der Waals surface area contributed by atoms with Gasteiger partial charge in [-0.3, -0.25) is 14.9 Å². The third kappa shape index (κ3) is 1.43. The van der Waals surface area contributed by atoms with Gasteiger partial charge in [0.15, 0.2) is 6.29 Å². The highest BCUT2D eigenvalue weighted by molar-refractivity contribution is 6.33. The Morgan fingerprint density at radius 1 is 1.50 bits per heavy atom. The monoisotopic (exact) mass is 185 g/mol. The molecule has 0 aliphatic carbocycles. The summed E-state index contributed by atoms with van der Waals surface area (Å²) in [6.45, 7) is 0. The molecule has 4 nitrogen and oxygen atoms in total. The van der Waals surface area contributed by atoms with Gasteiger partial charge >= 0.3 is 0 Å². The van der Waals surface area contributed by atoms with Crippen molar-refractivity contribution < 1.29 is 9.72 Å². The Kier molecular flexibility index (Phi) is 2.40. The van der Waals surface area contributed by atoms with E-state index >= 15 is 0 Å². The van der Waals surface area contributed by atoms with E-state index in [1.54, 1.807) is 0 Å². The molecule has 0 atom stereocenters. The van der Waals surface area contributed by atoms with Crippen LogP contribution in [0.1, 0.15) is 10.4 Å². The lowest BCUT2D eigenvalue weighted by atomic mass is 10.2. The van der Waals surface area contributed by atoms with Crippen molar-refractivity contribution in [2.45, 2.75) is 0 Å². The standard InChI is InChI=1S/C7H4ClNO3/c8-6-3-1-2-5(4-10)7(6)9(11)12/h1-4H. The number of rotatable bonds is 2. The number of carbonyl (C=O) groups excluding carboxylic acids is 1. The summed E-state index contributed by atoms with van der Waals surface area (Å²) in [6, 6.07) is 4.20. The number of halogens is 1. The van der Waals surface area contributed by atoms with E-state index in [9.17, 15) is 14.9 Å². The van der Waals surface area contributed by atoms with Crippen LogP contribution in [0, 0.1) is 10.1 Å². The van der Waals surface area contributed by atoms with Crippen LogP contribution in [0.25, 0.3) is 0 Å². The summed E-state index contributed by atoms with van der Waals surface area (Å²) in [4.78, 5) is 20.0. The van der Waals surface area contributed by atoms with E-state index in [-0.39, 0.29) is 16.3 Å². The summed E-state index contributed by atoms with van der Waals surface area (Å²) >= 11 is 5.50. The van der Waals surface area contributed by atoms with Crippen molar-refractivity contribution in [3.05, 3.63) is 38.9 Å². The molecule has 62 valence electrons. The van der Waals surface area contributed by atoms with Crippen LogP contribution in [0.2, 0.25) is 5.02 Å². The van der Waals surface area contributed by atoms with Gasteiger partial charge in [0.1, 0.15) is 5.02 Å². The summed E-state index contributed by atoms with van der Waals surface area (Å²) in [5, 5.41) is 10.3. The van der Waals surface area contributed by atoms with Crippen LogP contribution in [0.5, 0.6) is 0 Å². The fraction of sp³-hybridized carbons (Fsp3) is 0. The van der Waals surface area contributed by atoms with Gasteiger partial charge < -0.3 is 0 Å². The van der Waals surface area contributed by atoms with Crippen molar-refractivity contribution in [3.8, 4) is 0 Å². The van der Waals surface area contributed by atoms with Gasteiger partial charge in [-0.15, -0.1) is 0 Å². The van der Waals surface area contributed by atoms with E-state index in [0.29, 0.717) is 6.29 Å². The average Bonchev–Trinajstić information content (AvgIpc) is 2.03. The molecule has 0 bridgehead atoms. The molecule has 0 heterocycles. The van der Waals surface area contributed by atoms with Crippen LogP contribution >= 0.6 is 11.6 Å². The minimum absolute atomic E-state index is 0.00694. The highest BCUT2D eigenvalue weighted by Crippen LogP contribution is 2.26. The Balaban J connectivity index is 3.39. The summed E-state index contributed by atoms with van der Waals surface area (Å²) in [5.41, 5.74) is -0.346. The highest BCUT2D eigenvalue weighted by Gasteiger charge is 2.16. The van der Waals surface area contributed by atoms with E-state index in [2.05, 4.69) is 0 Å². The molecule has 0 fully saturated rings. The number of hydrogen-bond acceptors (Lipinski definition) is 3. The van der Waals surface area contributed by atoms with Crippen LogP contribution in [0.3, 0.4) is 0 Å². The maximum atomic E-state index is 10.4. The largest absolute Gasteiger partial charge is 0.298 e. The van der Waals surface area contributed by atoms with Gasteiger partial charge in [-0.25, -0.2) is 0 Å². The molecule has 0 radical (unpaired) electrons. The van der Waals surface area contributed by atoms with Crippen molar-refractivity contribution >= 4 is 23.6 Å². The summed E-state index contributed by atoms with van der Waals surface area (Å²) in [5.74, 6) is 0. The van der Waals surface area contributed by atoms with Crippen LogP contribution < -0.4 is 0 Å². The Bertz CT molecular complexity index is 337. The predicted molar refractivity (Wildman–Crippen MR) is 43.5 cm³/mol. The first-order chi connectivity index (χ1) is 5.66. The van der Waals surface area contributed by atoms with Gasteiger partial charge in [0, 0.05) is 0 Å². The number of nitrogens with zero attached hydrogens (tertiary/aromatic N) is 1. The van der Waals surface area contributed by atoms with Crippen molar-refractivity contribution in [2.24, 2.45) is 0 Å². The number of aldehydes is 1. The third-order valence-corrected chi connectivity index (χ3v) is 1.63. The normalized spacial score (nSPS) is 9.42. The smallest absolute Gasteiger partial charge is 0.298 e. The summed E-state index contributed by atoms with van der Waals surface area (Å²) < 4.78 is 0. The summed E-state index contributed by atoms with van der Waals surface area (Å²) in [7, 11) is 0. The topological polar surface area (TPSA) is 60.2 Å². The SMILES string of the molecule is O=Cc1cccc(Cl)c1[N+](=O)[O-]. The quantitative estimate of drug-likeness (QED) is 0.403. The number of nitro benzene ring substituents is 1. The second-order valence-corrected chi connectivity index (χ2v) is 2.46. The highest BCUT2D eigenvalue weighted by atomic mass is 35.5. The molecule has 0 spiro atoms. The molecular weight excluding hydrogens is 182 g/mol. The Hall–Kier alpha value is -1.42. The molecule has 1 rings (SSSR count). The molecule has 0 saturated carbocycles. The zero-order chi connectivity index (χ0) is 9.14. The number of para-hydroxylation sites is 1. The minimum Gasteiger partial charge on any atom is -0.298 e. The Morgan fingerprint density at radius 3 is 2.58 bits per heavy atom. The van der Waals surface area contributed by atoms with Gasteiger partial charge in [-0.2, -0.15) is 0 Å². The number of nitro groups is 1. The van der Waals surface area contributed by atoms with Gasteiger partial charge in [-0.05, 0) is 12.1 Å². The molecule has 0 amide bonds. The molecule has 0 aliphatic rings. The second kappa shape index (κ2) is 3.32. The lowest BCUT2D eigenvalue weighted by Crippen LogP contribution is -1.94. The predicted octanol–water partition coefficient (Wildman–Crippen LogP) is 2.06. The van der Waals surface area contributed by atoms with Crippen molar-refractivity contribution in [1.29, 1.82) is 0 Å². The summed E-state index contributed by atoms with van der Waals surface area (Å²) in [6.07, 6.45) is 0.407. The zero-order valence-corrected chi connectivity index (χ0v) is 6.62. The first-order valence-electron chi connectivity index (χ1n) is 3.05. The number of carbonyl (C=O) groups is 1. The van der Waals surface area contributed by atoms with E-state index in [0.717, 1.165) is 0 Å². The lowest BCUT2D eigenvalue weighted by molar-refractivity contribution is -0.384. The Labute approximate surface area is 72.9 Å². The van der Waals surface area contributed by atoms with E-state index < -0.39 is 4.92 Å². The fourth-order valence-corrected chi connectivity index (χ4v) is 1.07. The molecule has 12 heavy (non-hydrogen) atoms. The fourth-order valence-electron chi connectivity index (χ4n) is 0.820. The van der Waals surface area contributed by atoms with Crippen LogP contribution in [-0.2, 0) is 0 Å². The van der Waals surface area contributed by atoms with Crippen molar-refractivity contribution in [2.75, 3.05) is 0 Å². The van der Waals surface area contributed by atoms with Crippen LogP contribution in [-0.4, -0.2) is 11.2 Å².